The number of rotatable bonds is 10. The number of benzene rings is 1. The highest BCUT2D eigenvalue weighted by atomic mass is 32.1. The molecule has 0 aliphatic carbocycles. The molecular weight excluding hydrogens is 568 g/mol. The zero-order valence-corrected chi connectivity index (χ0v) is 24.8. The van der Waals surface area contributed by atoms with Crippen LogP contribution >= 0.6 is 11.3 Å². The number of hydrogen-bond donors (Lipinski definition) is 2. The van der Waals surface area contributed by atoms with Gasteiger partial charge in [-0.1, -0.05) is 12.1 Å². The van der Waals surface area contributed by atoms with Crippen molar-refractivity contribution in [2.75, 3.05) is 32.8 Å². The number of carbonyl (C=O) groups is 2. The molecule has 2 aromatic rings. The number of likely N-dealkylation sites (tertiary alicyclic amines) is 1. The quantitative estimate of drug-likeness (QED) is 0.393. The predicted octanol–water partition coefficient (Wildman–Crippen LogP) is 3.64. The fourth-order valence-corrected chi connectivity index (χ4v) is 6.21. The second-order valence-electron chi connectivity index (χ2n) is 11.3. The van der Waals surface area contributed by atoms with E-state index >= 15 is 4.39 Å². The molecule has 1 aromatic carbocycles. The Morgan fingerprint density at radius 1 is 1.33 bits per heavy atom. The lowest BCUT2D eigenvalue weighted by Gasteiger charge is -2.31. The van der Waals surface area contributed by atoms with E-state index in [1.54, 1.807) is 56.5 Å². The molecule has 2 saturated heterocycles. The van der Waals surface area contributed by atoms with Crippen molar-refractivity contribution in [3.05, 3.63) is 63.0 Å². The van der Waals surface area contributed by atoms with Crippen molar-refractivity contribution >= 4 is 29.1 Å². The Morgan fingerprint density at radius 3 is 2.81 bits per heavy atom. The molecular formula is C29H35F2N5O5S. The van der Waals surface area contributed by atoms with E-state index in [2.05, 4.69) is 10.3 Å². The molecule has 5 rings (SSSR count). The van der Waals surface area contributed by atoms with E-state index in [-0.39, 0.29) is 44.5 Å². The Bertz CT molecular complexity index is 1400. The summed E-state index contributed by atoms with van der Waals surface area (Å²) in [5.41, 5.74) is 0.600. The van der Waals surface area contributed by atoms with Crippen LogP contribution in [0, 0.1) is 18.2 Å². The van der Waals surface area contributed by atoms with Crippen LogP contribution in [0.5, 0.6) is 0 Å². The minimum absolute atomic E-state index is 0.0895. The molecule has 10 nitrogen and oxygen atoms in total. The van der Waals surface area contributed by atoms with Crippen LogP contribution in [0.2, 0.25) is 0 Å². The highest BCUT2D eigenvalue weighted by Gasteiger charge is 2.51. The zero-order chi connectivity index (χ0) is 30.2. The number of nitrogens with zero attached hydrogens (tertiary/aromatic N) is 4. The molecule has 2 fully saturated rings. The van der Waals surface area contributed by atoms with Crippen molar-refractivity contribution in [2.24, 2.45) is 10.4 Å². The van der Waals surface area contributed by atoms with Crippen molar-refractivity contribution in [2.45, 2.75) is 58.4 Å². The number of carbonyl (C=O) groups excluding carboxylic acids is 1. The third-order valence-corrected chi connectivity index (χ3v) is 8.92. The average molecular weight is 604 g/mol. The minimum atomic E-state index is -1.26. The van der Waals surface area contributed by atoms with Gasteiger partial charge in [0.2, 0.25) is 0 Å². The summed E-state index contributed by atoms with van der Waals surface area (Å²) < 4.78 is 35.7. The number of ether oxygens (including phenoxy) is 1. The van der Waals surface area contributed by atoms with Crippen LogP contribution in [0.1, 0.15) is 49.4 Å². The van der Waals surface area contributed by atoms with Gasteiger partial charge in [0.15, 0.2) is 10.8 Å². The number of carboxylic acid groups (broad SMARTS) is 1. The highest BCUT2D eigenvalue weighted by Crippen LogP contribution is 2.38. The van der Waals surface area contributed by atoms with E-state index in [0.717, 1.165) is 0 Å². The van der Waals surface area contributed by atoms with Gasteiger partial charge in [0.05, 0.1) is 36.3 Å². The largest absolute Gasteiger partial charge is 0.481 e. The minimum Gasteiger partial charge on any atom is -0.481 e. The van der Waals surface area contributed by atoms with Crippen LogP contribution < -0.4 is 5.32 Å². The van der Waals surface area contributed by atoms with Gasteiger partial charge in [-0.2, -0.15) is 5.06 Å². The average Bonchev–Trinajstić information content (AvgIpc) is 3.69. The molecule has 0 radical (unpaired) electrons. The Labute approximate surface area is 247 Å². The number of thiazole rings is 1. The Kier molecular flexibility index (Phi) is 8.74. The number of esters is 1. The molecule has 42 heavy (non-hydrogen) atoms. The third kappa shape index (κ3) is 5.83. The van der Waals surface area contributed by atoms with Crippen LogP contribution in [-0.2, 0) is 19.2 Å². The first-order chi connectivity index (χ1) is 20.0. The first kappa shape index (κ1) is 30.2. The predicted molar refractivity (Wildman–Crippen MR) is 152 cm³/mol. The van der Waals surface area contributed by atoms with Gasteiger partial charge in [0.1, 0.15) is 18.0 Å². The SMILES string of the molecule is CCOC(=O)C1=C(CN2C[C@H](F)[C@H]3[C@@H]2CON3CCC(C)(C)C(=O)O)NC(c2nccs2)=N[C@H]1c1cccc(F)c1C. The van der Waals surface area contributed by atoms with Gasteiger partial charge in [-0.15, -0.1) is 11.3 Å². The van der Waals surface area contributed by atoms with Gasteiger partial charge in [-0.25, -0.2) is 18.6 Å². The number of carboxylic acids is 1. The summed E-state index contributed by atoms with van der Waals surface area (Å²) in [6.07, 6.45) is 0.681. The molecule has 2 N–H and O–H groups in total. The van der Waals surface area contributed by atoms with E-state index in [1.807, 2.05) is 4.90 Å². The number of fused-ring (bicyclic) bond motifs is 1. The number of alkyl halides is 1. The van der Waals surface area contributed by atoms with Gasteiger partial charge in [0.25, 0.3) is 0 Å². The molecule has 3 aliphatic rings. The first-order valence-electron chi connectivity index (χ1n) is 13.9. The number of aromatic nitrogens is 1. The van der Waals surface area contributed by atoms with E-state index in [0.29, 0.717) is 34.1 Å². The van der Waals surface area contributed by atoms with Crippen LogP contribution in [0.25, 0.3) is 0 Å². The molecule has 0 amide bonds. The number of halogens is 2. The summed E-state index contributed by atoms with van der Waals surface area (Å²) in [5, 5.41) is 16.7. The lowest BCUT2D eigenvalue weighted by atomic mass is 9.89. The smallest absolute Gasteiger partial charge is 0.338 e. The van der Waals surface area contributed by atoms with Crippen molar-refractivity contribution in [3.63, 3.8) is 0 Å². The van der Waals surface area contributed by atoms with Gasteiger partial charge in [-0.05, 0) is 51.3 Å². The molecule has 226 valence electrons. The van der Waals surface area contributed by atoms with Gasteiger partial charge >= 0.3 is 11.9 Å². The van der Waals surface area contributed by atoms with Crippen LogP contribution in [-0.4, -0.2) is 88.9 Å². The van der Waals surface area contributed by atoms with Crippen molar-refractivity contribution in [1.29, 1.82) is 0 Å². The highest BCUT2D eigenvalue weighted by molar-refractivity contribution is 7.11. The van der Waals surface area contributed by atoms with E-state index in [1.165, 1.54) is 17.4 Å². The molecule has 0 saturated carbocycles. The first-order valence-corrected chi connectivity index (χ1v) is 14.8. The molecule has 13 heteroatoms. The summed E-state index contributed by atoms with van der Waals surface area (Å²) in [6.45, 7) is 7.48. The maximum absolute atomic E-state index is 15.5. The lowest BCUT2D eigenvalue weighted by Crippen LogP contribution is -2.44. The van der Waals surface area contributed by atoms with Gasteiger partial charge in [0, 0.05) is 36.9 Å². The van der Waals surface area contributed by atoms with E-state index < -0.39 is 41.4 Å². The molecule has 0 bridgehead atoms. The number of aliphatic carboxylic acids is 1. The third-order valence-electron chi connectivity index (χ3n) is 8.14. The van der Waals surface area contributed by atoms with Crippen LogP contribution in [0.3, 0.4) is 0 Å². The van der Waals surface area contributed by atoms with Crippen LogP contribution in [0.15, 0.2) is 46.0 Å². The maximum Gasteiger partial charge on any atom is 0.338 e. The standard InChI is InChI=1S/C29H35F2N5O5S/c1-5-40-27(37)22-20(14-35-13-19(31)24-21(35)15-41-36(24)11-9-29(3,4)28(38)39)33-25(26-32-10-12-42-26)34-23(22)17-7-6-8-18(30)16(17)2/h6-8,10,12,19,21,23-24H,5,9,11,13-15H2,1-4H3,(H,33,34)(H,38,39)/t19-,21-,23-,24-/m0/s1. The Morgan fingerprint density at radius 2 is 2.12 bits per heavy atom. The summed E-state index contributed by atoms with van der Waals surface area (Å²) in [5.74, 6) is -1.51. The zero-order valence-electron chi connectivity index (χ0n) is 24.0. The van der Waals surface area contributed by atoms with Crippen molar-refractivity contribution in [3.8, 4) is 0 Å². The Balaban J connectivity index is 1.48. The lowest BCUT2D eigenvalue weighted by molar-refractivity contribution is -0.158. The number of aliphatic imine (C=N–C) groups is 1. The fraction of sp³-hybridized carbons (Fsp3) is 0.517. The topological polar surface area (TPSA) is 117 Å². The number of hydroxylamine groups is 2. The second-order valence-corrected chi connectivity index (χ2v) is 12.2. The number of nitrogens with one attached hydrogen (secondary N) is 1. The molecule has 0 unspecified atom stereocenters. The van der Waals surface area contributed by atoms with Gasteiger partial charge < -0.3 is 15.2 Å². The molecule has 4 heterocycles. The van der Waals surface area contributed by atoms with E-state index in [9.17, 15) is 19.1 Å². The molecule has 0 spiro atoms. The Hall–Kier alpha value is -3.26. The molecule has 3 aliphatic heterocycles. The summed E-state index contributed by atoms with van der Waals surface area (Å²) in [7, 11) is 0. The van der Waals surface area contributed by atoms with E-state index in [4.69, 9.17) is 14.6 Å². The summed E-state index contributed by atoms with van der Waals surface area (Å²) in [6, 6.07) is 2.88. The second kappa shape index (κ2) is 12.2. The number of hydrogen-bond acceptors (Lipinski definition) is 10. The summed E-state index contributed by atoms with van der Waals surface area (Å²) >= 11 is 1.36. The summed E-state index contributed by atoms with van der Waals surface area (Å²) in [4.78, 5) is 42.0. The van der Waals surface area contributed by atoms with Gasteiger partial charge in [-0.3, -0.25) is 19.5 Å². The normalized spacial score (nSPS) is 24.9. The molecule has 4 atom stereocenters. The van der Waals surface area contributed by atoms with Crippen LogP contribution in [0.4, 0.5) is 8.78 Å². The monoisotopic (exact) mass is 603 g/mol. The molecule has 1 aromatic heterocycles. The number of amidine groups is 1. The van der Waals surface area contributed by atoms with Crippen molar-refractivity contribution in [1.82, 2.24) is 20.3 Å². The maximum atomic E-state index is 15.5. The van der Waals surface area contributed by atoms with Crippen molar-refractivity contribution < 1.29 is 33.1 Å². The fourth-order valence-electron chi connectivity index (χ4n) is 5.62.